The van der Waals surface area contributed by atoms with E-state index in [-0.39, 0.29) is 0 Å². The molecule has 0 amide bonds. The second kappa shape index (κ2) is 2.37. The van der Waals surface area contributed by atoms with Gasteiger partial charge in [-0.1, -0.05) is 0 Å². The minimum Gasteiger partial charge on any atom is -0.181 e. The molecule has 6 heteroatoms. The van der Waals surface area contributed by atoms with Crippen molar-refractivity contribution in [2.45, 2.75) is 6.42 Å². The Labute approximate surface area is 54.1 Å². The van der Waals surface area contributed by atoms with Gasteiger partial charge in [-0.25, -0.2) is 0 Å². The summed E-state index contributed by atoms with van der Waals surface area (Å²) in [7, 11) is -4.26. The number of hydroxylamine groups is 2. The van der Waals surface area contributed by atoms with E-state index in [2.05, 4.69) is 4.39 Å². The van der Waals surface area contributed by atoms with E-state index in [1.54, 1.807) is 0 Å². The van der Waals surface area contributed by atoms with Gasteiger partial charge in [0.15, 0.2) is 4.39 Å². The van der Waals surface area contributed by atoms with Gasteiger partial charge in [0, 0.05) is 13.1 Å². The fourth-order valence-corrected chi connectivity index (χ4v) is 0.853. The summed E-state index contributed by atoms with van der Waals surface area (Å²) in [5.74, 6) is 0. The molecule has 1 aliphatic heterocycles. The van der Waals surface area contributed by atoms with Crippen LogP contribution in [0.5, 0.6) is 0 Å². The Balaban J connectivity index is 2.16. The van der Waals surface area contributed by atoms with Gasteiger partial charge in [-0.3, -0.25) is 0 Å². The molecule has 0 bridgehead atoms. The van der Waals surface area contributed by atoms with Crippen LogP contribution in [0.15, 0.2) is 0 Å². The summed E-state index contributed by atoms with van der Waals surface area (Å²) in [5.41, 5.74) is 0. The van der Waals surface area contributed by atoms with E-state index in [1.165, 1.54) is 0 Å². The third-order valence-corrected chi connectivity index (χ3v) is 1.36. The van der Waals surface area contributed by atoms with Crippen LogP contribution < -0.4 is 14.0 Å². The second-order valence-electron chi connectivity index (χ2n) is 1.73. The van der Waals surface area contributed by atoms with Crippen molar-refractivity contribution >= 4 is 0 Å². The zero-order valence-corrected chi connectivity index (χ0v) is 5.34. The summed E-state index contributed by atoms with van der Waals surface area (Å²) in [5, 5.41) is 1.10. The molecule has 0 radical (unpaired) electrons. The van der Waals surface area contributed by atoms with Crippen LogP contribution in [0.2, 0.25) is 0 Å². The number of rotatable bonds is 2. The average Bonchev–Trinajstić information content (AvgIpc) is 1.53. The Morgan fingerprint density at radius 2 is 1.78 bits per heavy atom. The fourth-order valence-electron chi connectivity index (χ4n) is 0.476. The maximum atomic E-state index is 9.79. The Morgan fingerprint density at radius 1 is 1.22 bits per heavy atom. The number of halogens is 1. The molecule has 1 fully saturated rings. The molecule has 1 aliphatic rings. The molecule has 0 spiro atoms. The number of hydrogen-bond donors (Lipinski definition) is 0. The highest BCUT2D eigenvalue weighted by molar-refractivity contribution is 4.56. The van der Waals surface area contributed by atoms with Crippen LogP contribution in [0, 0.1) is 10.2 Å². The molecule has 5 nitrogen and oxygen atoms in total. The monoisotopic (exact) mass is 155 g/mol. The van der Waals surface area contributed by atoms with Gasteiger partial charge >= 0.3 is 0 Å². The fraction of sp³-hybridized carbons (Fsp3) is 1.00. The van der Waals surface area contributed by atoms with Crippen molar-refractivity contribution in [3.8, 4) is 0 Å². The number of hydrogen-bond acceptors (Lipinski definition) is 5. The third-order valence-electron chi connectivity index (χ3n) is 0.997. The van der Waals surface area contributed by atoms with Crippen LogP contribution in [0.25, 0.3) is 0 Å². The predicted molar refractivity (Wildman–Crippen MR) is 17.3 cm³/mol. The average molecular weight is 156 g/mol. The normalized spacial score (nSPS) is 21.7. The Kier molecular flexibility index (Phi) is 1.90. The molecular formula is C3H6ClNO4. The molecule has 0 N–H and O–H groups in total. The molecule has 1 rings (SSSR count). The highest BCUT2D eigenvalue weighted by Crippen LogP contribution is 2.08. The molecule has 0 unspecified atom stereocenters. The quantitative estimate of drug-likeness (QED) is 0.414. The predicted octanol–water partition coefficient (Wildman–Crippen LogP) is -3.48. The zero-order valence-electron chi connectivity index (χ0n) is 4.58. The molecule has 54 valence electrons. The standard InChI is InChI=1S/C3H6ClNO4/c6-4(7,8)9-5-2-1-3-5/h1-3H2. The molecular weight excluding hydrogens is 149 g/mol. The van der Waals surface area contributed by atoms with E-state index in [9.17, 15) is 14.0 Å². The first-order valence-corrected chi connectivity index (χ1v) is 3.67. The third kappa shape index (κ3) is 2.44. The van der Waals surface area contributed by atoms with E-state index in [4.69, 9.17) is 0 Å². The SMILES string of the molecule is [O-][Cl+3]([O-])([O-])ON1CCC1. The van der Waals surface area contributed by atoms with Crippen molar-refractivity contribution < 1.29 is 28.6 Å². The van der Waals surface area contributed by atoms with Gasteiger partial charge in [0.25, 0.3) is 0 Å². The summed E-state index contributed by atoms with van der Waals surface area (Å²) >= 11 is 0. The van der Waals surface area contributed by atoms with Crippen molar-refractivity contribution in [3.05, 3.63) is 0 Å². The van der Waals surface area contributed by atoms with Crippen LogP contribution >= 0.6 is 0 Å². The Morgan fingerprint density at radius 3 is 1.89 bits per heavy atom. The van der Waals surface area contributed by atoms with Crippen LogP contribution in [-0.4, -0.2) is 18.2 Å². The van der Waals surface area contributed by atoms with Gasteiger partial charge in [0.1, 0.15) is 10.2 Å². The van der Waals surface area contributed by atoms with Crippen molar-refractivity contribution in [2.24, 2.45) is 0 Å². The largest absolute Gasteiger partial charge is 0.181 e. The highest BCUT2D eigenvalue weighted by atomic mass is 35.7. The first-order chi connectivity index (χ1) is 4.08. The summed E-state index contributed by atoms with van der Waals surface area (Å²) in [4.78, 5) is 0. The van der Waals surface area contributed by atoms with Gasteiger partial charge in [0.2, 0.25) is 0 Å². The van der Waals surface area contributed by atoms with E-state index in [0.29, 0.717) is 13.1 Å². The summed E-state index contributed by atoms with van der Waals surface area (Å²) in [6.07, 6.45) is 0.880. The van der Waals surface area contributed by atoms with Gasteiger partial charge in [-0.15, -0.1) is 0 Å². The highest BCUT2D eigenvalue weighted by Gasteiger charge is 2.30. The molecule has 0 saturated carbocycles. The van der Waals surface area contributed by atoms with E-state index < -0.39 is 10.2 Å². The van der Waals surface area contributed by atoms with Crippen molar-refractivity contribution in [1.29, 1.82) is 0 Å². The molecule has 0 aliphatic carbocycles. The van der Waals surface area contributed by atoms with Gasteiger partial charge in [0.05, 0.1) is 0 Å². The summed E-state index contributed by atoms with van der Waals surface area (Å²) in [6.45, 7) is 1.04. The second-order valence-corrected chi connectivity index (χ2v) is 2.62. The topological polar surface area (TPSA) is 81.6 Å². The molecule has 1 saturated heterocycles. The molecule has 9 heavy (non-hydrogen) atoms. The van der Waals surface area contributed by atoms with Gasteiger partial charge < -0.3 is 0 Å². The maximum Gasteiger partial charge on any atom is 0.179 e. The molecule has 0 aromatic rings. The van der Waals surface area contributed by atoms with Crippen molar-refractivity contribution in [1.82, 2.24) is 5.06 Å². The Bertz CT molecular complexity index is 98.5. The first kappa shape index (κ1) is 7.20. The van der Waals surface area contributed by atoms with Crippen LogP contribution in [0.1, 0.15) is 6.42 Å². The van der Waals surface area contributed by atoms with E-state index in [0.717, 1.165) is 11.5 Å². The zero-order chi connectivity index (χ0) is 6.91. The number of nitrogens with zero attached hydrogens (tertiary/aromatic N) is 1. The molecule has 0 aromatic carbocycles. The van der Waals surface area contributed by atoms with Gasteiger partial charge in [-0.05, 0) is 11.5 Å². The lowest BCUT2D eigenvalue weighted by atomic mass is 10.3. The van der Waals surface area contributed by atoms with Crippen molar-refractivity contribution in [2.75, 3.05) is 13.1 Å². The Hall–Kier alpha value is 0.0900. The summed E-state index contributed by atoms with van der Waals surface area (Å²) < 4.78 is 33.3. The van der Waals surface area contributed by atoms with Gasteiger partial charge in [-0.2, -0.15) is 14.0 Å². The van der Waals surface area contributed by atoms with Crippen LogP contribution in [0.3, 0.4) is 0 Å². The van der Waals surface area contributed by atoms with Crippen LogP contribution in [-0.2, 0) is 4.39 Å². The molecule has 1 heterocycles. The summed E-state index contributed by atoms with van der Waals surface area (Å²) in [6, 6.07) is 0. The molecule has 0 aromatic heterocycles. The first-order valence-electron chi connectivity index (χ1n) is 2.43. The van der Waals surface area contributed by atoms with E-state index in [1.807, 2.05) is 0 Å². The lowest BCUT2D eigenvalue weighted by Crippen LogP contribution is -2.64. The lowest BCUT2D eigenvalue weighted by molar-refractivity contribution is -1.93. The van der Waals surface area contributed by atoms with Crippen LogP contribution in [0.4, 0.5) is 0 Å². The minimum absolute atomic E-state index is 0.522. The lowest BCUT2D eigenvalue weighted by Gasteiger charge is -2.25. The molecule has 0 atom stereocenters. The van der Waals surface area contributed by atoms with E-state index >= 15 is 0 Å². The van der Waals surface area contributed by atoms with Crippen molar-refractivity contribution in [3.63, 3.8) is 0 Å². The minimum atomic E-state index is -4.26. The smallest absolute Gasteiger partial charge is 0.179 e. The maximum absolute atomic E-state index is 9.79.